The fourth-order valence-electron chi connectivity index (χ4n) is 5.72. The first-order valence-electron chi connectivity index (χ1n) is 9.08. The van der Waals surface area contributed by atoms with Crippen LogP contribution in [0.1, 0.15) is 55.8 Å². The van der Waals surface area contributed by atoms with E-state index in [9.17, 15) is 9.18 Å². The summed E-state index contributed by atoms with van der Waals surface area (Å²) in [5.41, 5.74) is 0.491. The maximum atomic E-state index is 13.8. The van der Waals surface area contributed by atoms with E-state index in [1.807, 2.05) is 6.92 Å². The van der Waals surface area contributed by atoms with Gasteiger partial charge in [0.15, 0.2) is 5.78 Å². The second kappa shape index (κ2) is 5.70. The van der Waals surface area contributed by atoms with Crippen molar-refractivity contribution in [3.05, 3.63) is 35.6 Å². The molecule has 5 rings (SSSR count). The summed E-state index contributed by atoms with van der Waals surface area (Å²) in [7, 11) is 0. The molecule has 4 aliphatic rings. The monoisotopic (exact) mass is 315 g/mol. The molecule has 0 aliphatic heterocycles. The topological polar surface area (TPSA) is 29.1 Å². The number of hydrogen-bond donors (Lipinski definition) is 1. The average Bonchev–Trinajstić information content (AvgIpc) is 2.51. The summed E-state index contributed by atoms with van der Waals surface area (Å²) in [5, 5.41) is 3.75. The van der Waals surface area contributed by atoms with Gasteiger partial charge in [0, 0.05) is 18.0 Å². The standard InChI is InChI=1S/C20H26FNO/c1-13(19(23)17-4-2-3-5-18(17)21)12-22-20-9-14-6-15(10-20)8-16(7-14)11-20/h2-5,13-16,22H,6-12H2,1H3. The smallest absolute Gasteiger partial charge is 0.169 e. The fourth-order valence-corrected chi connectivity index (χ4v) is 5.72. The molecule has 1 N–H and O–H groups in total. The Labute approximate surface area is 137 Å². The van der Waals surface area contributed by atoms with Gasteiger partial charge in [-0.15, -0.1) is 0 Å². The van der Waals surface area contributed by atoms with Gasteiger partial charge < -0.3 is 5.32 Å². The van der Waals surface area contributed by atoms with E-state index in [0.29, 0.717) is 6.54 Å². The molecule has 0 amide bonds. The highest BCUT2D eigenvalue weighted by Gasteiger charge is 2.50. The van der Waals surface area contributed by atoms with Crippen LogP contribution in [-0.4, -0.2) is 17.9 Å². The molecule has 1 aromatic carbocycles. The molecule has 3 heteroatoms. The first kappa shape index (κ1) is 15.3. The third-order valence-electron chi connectivity index (χ3n) is 6.41. The lowest BCUT2D eigenvalue weighted by atomic mass is 9.53. The van der Waals surface area contributed by atoms with Crippen molar-refractivity contribution in [1.29, 1.82) is 0 Å². The van der Waals surface area contributed by atoms with E-state index in [0.717, 1.165) is 17.8 Å². The highest BCUT2D eigenvalue weighted by Crippen LogP contribution is 2.55. The van der Waals surface area contributed by atoms with Crippen molar-refractivity contribution in [2.75, 3.05) is 6.54 Å². The number of benzene rings is 1. The van der Waals surface area contributed by atoms with Crippen molar-refractivity contribution in [3.63, 3.8) is 0 Å². The number of carbonyl (C=O) groups is 1. The maximum absolute atomic E-state index is 13.8. The second-order valence-electron chi connectivity index (χ2n) is 8.32. The molecule has 23 heavy (non-hydrogen) atoms. The van der Waals surface area contributed by atoms with Gasteiger partial charge in [-0.1, -0.05) is 19.1 Å². The Kier molecular flexibility index (Phi) is 3.79. The summed E-state index contributed by atoms with van der Waals surface area (Å²) < 4.78 is 13.8. The summed E-state index contributed by atoms with van der Waals surface area (Å²) in [4.78, 5) is 12.5. The van der Waals surface area contributed by atoms with Crippen molar-refractivity contribution in [2.45, 2.75) is 51.0 Å². The molecule has 0 saturated heterocycles. The summed E-state index contributed by atoms with van der Waals surface area (Å²) >= 11 is 0. The van der Waals surface area contributed by atoms with Crippen molar-refractivity contribution in [3.8, 4) is 0 Å². The minimum Gasteiger partial charge on any atom is -0.310 e. The lowest BCUT2D eigenvalue weighted by Crippen LogP contribution is -2.59. The van der Waals surface area contributed by atoms with Gasteiger partial charge in [-0.3, -0.25) is 4.79 Å². The number of Topliss-reactive ketones (excluding diaryl/α,β-unsaturated/α-hetero) is 1. The van der Waals surface area contributed by atoms with Gasteiger partial charge in [0.05, 0.1) is 5.56 Å². The Morgan fingerprint density at radius 3 is 2.30 bits per heavy atom. The van der Waals surface area contributed by atoms with Crippen LogP contribution in [0.3, 0.4) is 0 Å². The third-order valence-corrected chi connectivity index (χ3v) is 6.41. The number of hydrogen-bond acceptors (Lipinski definition) is 2. The largest absolute Gasteiger partial charge is 0.310 e. The van der Waals surface area contributed by atoms with Crippen molar-refractivity contribution < 1.29 is 9.18 Å². The molecule has 2 nitrogen and oxygen atoms in total. The Hall–Kier alpha value is -1.22. The zero-order valence-electron chi connectivity index (χ0n) is 13.9. The molecular weight excluding hydrogens is 289 g/mol. The van der Waals surface area contributed by atoms with Gasteiger partial charge in [0.25, 0.3) is 0 Å². The molecule has 4 bridgehead atoms. The molecule has 0 heterocycles. The third kappa shape index (κ3) is 2.84. The molecule has 1 aromatic rings. The number of nitrogens with one attached hydrogen (secondary N) is 1. The molecule has 4 fully saturated rings. The van der Waals surface area contributed by atoms with Crippen LogP contribution in [0.4, 0.5) is 4.39 Å². The molecule has 1 unspecified atom stereocenters. The zero-order valence-corrected chi connectivity index (χ0v) is 13.9. The number of ketones is 1. The molecule has 4 saturated carbocycles. The maximum Gasteiger partial charge on any atom is 0.169 e. The van der Waals surface area contributed by atoms with Crippen LogP contribution < -0.4 is 5.32 Å². The summed E-state index contributed by atoms with van der Waals surface area (Å²) in [6, 6.07) is 6.32. The minimum atomic E-state index is -0.404. The van der Waals surface area contributed by atoms with Crippen molar-refractivity contribution in [2.24, 2.45) is 23.7 Å². The molecular formula is C20H26FNO. The predicted molar refractivity (Wildman–Crippen MR) is 88.8 cm³/mol. The van der Waals surface area contributed by atoms with Crippen molar-refractivity contribution >= 4 is 5.78 Å². The average molecular weight is 315 g/mol. The minimum absolute atomic E-state index is 0.0830. The van der Waals surface area contributed by atoms with Crippen LogP contribution >= 0.6 is 0 Å². The molecule has 4 aliphatic carbocycles. The number of rotatable bonds is 5. The lowest BCUT2D eigenvalue weighted by Gasteiger charge is -2.57. The van der Waals surface area contributed by atoms with Crippen LogP contribution in [0.2, 0.25) is 0 Å². The van der Waals surface area contributed by atoms with Gasteiger partial charge >= 0.3 is 0 Å². The van der Waals surface area contributed by atoms with Crippen LogP contribution in [0, 0.1) is 29.5 Å². The molecule has 0 aromatic heterocycles. The van der Waals surface area contributed by atoms with E-state index in [-0.39, 0.29) is 22.8 Å². The van der Waals surface area contributed by atoms with Crippen molar-refractivity contribution in [1.82, 2.24) is 5.32 Å². The molecule has 0 spiro atoms. The van der Waals surface area contributed by atoms with Gasteiger partial charge in [-0.25, -0.2) is 4.39 Å². The number of halogens is 1. The Balaban J connectivity index is 1.41. The Morgan fingerprint density at radius 2 is 1.74 bits per heavy atom. The highest BCUT2D eigenvalue weighted by atomic mass is 19.1. The van der Waals surface area contributed by atoms with Gasteiger partial charge in [0.2, 0.25) is 0 Å². The molecule has 1 atom stereocenters. The normalized spacial score (nSPS) is 36.2. The Bertz CT molecular complexity index is 576. The first-order chi connectivity index (χ1) is 11.0. The van der Waals surface area contributed by atoms with E-state index < -0.39 is 5.82 Å². The van der Waals surface area contributed by atoms with E-state index in [2.05, 4.69) is 5.32 Å². The van der Waals surface area contributed by atoms with Gasteiger partial charge in [0.1, 0.15) is 5.82 Å². The fraction of sp³-hybridized carbons (Fsp3) is 0.650. The van der Waals surface area contributed by atoms with Crippen LogP contribution in [0.5, 0.6) is 0 Å². The first-order valence-corrected chi connectivity index (χ1v) is 9.08. The van der Waals surface area contributed by atoms with E-state index in [1.165, 1.54) is 44.6 Å². The van der Waals surface area contributed by atoms with Crippen LogP contribution in [0.25, 0.3) is 0 Å². The zero-order chi connectivity index (χ0) is 16.0. The van der Waals surface area contributed by atoms with Crippen LogP contribution in [-0.2, 0) is 0 Å². The Morgan fingerprint density at radius 1 is 1.17 bits per heavy atom. The summed E-state index contributed by atoms with van der Waals surface area (Å²) in [5.74, 6) is 2.02. The lowest BCUT2D eigenvalue weighted by molar-refractivity contribution is -0.0206. The second-order valence-corrected chi connectivity index (χ2v) is 8.32. The van der Waals surface area contributed by atoms with Gasteiger partial charge in [-0.2, -0.15) is 0 Å². The van der Waals surface area contributed by atoms with Crippen LogP contribution in [0.15, 0.2) is 24.3 Å². The highest BCUT2D eigenvalue weighted by molar-refractivity contribution is 5.98. The summed E-state index contributed by atoms with van der Waals surface area (Å²) in [6.45, 7) is 2.58. The quantitative estimate of drug-likeness (QED) is 0.825. The molecule has 0 radical (unpaired) electrons. The van der Waals surface area contributed by atoms with Gasteiger partial charge in [-0.05, 0) is 68.4 Å². The van der Waals surface area contributed by atoms with E-state index in [4.69, 9.17) is 0 Å². The SMILES string of the molecule is CC(CNC12CC3CC(CC(C3)C1)C2)C(=O)c1ccccc1F. The summed E-state index contributed by atoms with van der Waals surface area (Å²) in [6.07, 6.45) is 8.10. The van der Waals surface area contributed by atoms with E-state index >= 15 is 0 Å². The predicted octanol–water partition coefficient (Wildman–Crippen LogP) is 4.20. The molecule has 124 valence electrons. The number of carbonyl (C=O) groups excluding carboxylic acids is 1. The van der Waals surface area contributed by atoms with E-state index in [1.54, 1.807) is 18.2 Å².